The van der Waals surface area contributed by atoms with Crippen LogP contribution < -0.4 is 4.90 Å². The van der Waals surface area contributed by atoms with Crippen LogP contribution in [0.25, 0.3) is 0 Å². The van der Waals surface area contributed by atoms with E-state index in [0.717, 1.165) is 42.7 Å². The average Bonchev–Trinajstić information content (AvgIpc) is 2.86. The fraction of sp³-hybridized carbons (Fsp3) is 0.467. The molecule has 3 rings (SSSR count). The number of nitrogens with zero attached hydrogens (tertiary/aromatic N) is 4. The molecule has 1 atom stereocenters. The van der Waals surface area contributed by atoms with Gasteiger partial charge in [0, 0.05) is 43.8 Å². The third-order valence-corrected chi connectivity index (χ3v) is 4.67. The Kier molecular flexibility index (Phi) is 3.98. The van der Waals surface area contributed by atoms with E-state index >= 15 is 0 Å². The van der Waals surface area contributed by atoms with Crippen molar-refractivity contribution in [1.29, 1.82) is 0 Å². The van der Waals surface area contributed by atoms with Gasteiger partial charge in [-0.2, -0.15) is 0 Å². The van der Waals surface area contributed by atoms with Crippen molar-refractivity contribution in [2.24, 2.45) is 0 Å². The molecule has 20 heavy (non-hydrogen) atoms. The van der Waals surface area contributed by atoms with Crippen LogP contribution in [0.1, 0.15) is 18.3 Å². The summed E-state index contributed by atoms with van der Waals surface area (Å²) in [6, 6.07) is 6.62. The van der Waals surface area contributed by atoms with Gasteiger partial charge in [-0.3, -0.25) is 9.88 Å². The number of hydrogen-bond donors (Lipinski definition) is 0. The normalized spacial score (nSPS) is 20.3. The molecule has 0 bridgehead atoms. The molecule has 0 radical (unpaired) electrons. The Hall–Kier alpha value is -1.46. The molecule has 0 saturated carbocycles. The van der Waals surface area contributed by atoms with Crippen molar-refractivity contribution >= 4 is 16.5 Å². The number of rotatable bonds is 3. The van der Waals surface area contributed by atoms with E-state index in [1.807, 2.05) is 12.3 Å². The largest absolute Gasteiger partial charge is 0.343 e. The summed E-state index contributed by atoms with van der Waals surface area (Å²) in [7, 11) is 0. The monoisotopic (exact) mass is 288 g/mol. The van der Waals surface area contributed by atoms with E-state index in [9.17, 15) is 0 Å². The second-order valence-electron chi connectivity index (χ2n) is 5.37. The first-order valence-electron chi connectivity index (χ1n) is 7.03. The number of pyridine rings is 1. The van der Waals surface area contributed by atoms with Gasteiger partial charge >= 0.3 is 0 Å². The lowest BCUT2D eigenvalue weighted by Crippen LogP contribution is -2.51. The van der Waals surface area contributed by atoms with Gasteiger partial charge in [0.25, 0.3) is 0 Å². The summed E-state index contributed by atoms with van der Waals surface area (Å²) in [5.41, 5.74) is 2.27. The molecule has 1 aliphatic rings. The van der Waals surface area contributed by atoms with E-state index in [4.69, 9.17) is 0 Å². The molecule has 0 aliphatic carbocycles. The zero-order valence-electron chi connectivity index (χ0n) is 12.0. The Bertz CT molecular complexity index is 554. The molecule has 2 aromatic rings. The molecule has 5 heteroatoms. The standard InChI is InChI=1S/C15H20N4S/c1-12-11-20-15(17-12)19-8-7-18(9-13(19)2)10-14-5-3-4-6-16-14/h3-6,11,13H,7-10H2,1-2H3/t13-/m0/s1. The zero-order chi connectivity index (χ0) is 13.9. The molecule has 106 valence electrons. The summed E-state index contributed by atoms with van der Waals surface area (Å²) in [6.07, 6.45) is 1.87. The first kappa shape index (κ1) is 13.5. The smallest absolute Gasteiger partial charge is 0.185 e. The Morgan fingerprint density at radius 2 is 2.25 bits per heavy atom. The van der Waals surface area contributed by atoms with E-state index in [0.29, 0.717) is 6.04 Å². The Morgan fingerprint density at radius 3 is 2.90 bits per heavy atom. The van der Waals surface area contributed by atoms with Crippen molar-refractivity contribution in [2.45, 2.75) is 26.4 Å². The molecule has 3 heterocycles. The molecular formula is C15H20N4S. The summed E-state index contributed by atoms with van der Waals surface area (Å²) < 4.78 is 0. The van der Waals surface area contributed by atoms with Crippen molar-refractivity contribution in [3.63, 3.8) is 0 Å². The molecule has 1 fully saturated rings. The van der Waals surface area contributed by atoms with Gasteiger partial charge in [0.15, 0.2) is 5.13 Å². The maximum atomic E-state index is 4.61. The fourth-order valence-corrected chi connectivity index (χ4v) is 3.59. The lowest BCUT2D eigenvalue weighted by Gasteiger charge is -2.39. The van der Waals surface area contributed by atoms with Crippen molar-refractivity contribution in [2.75, 3.05) is 24.5 Å². The maximum Gasteiger partial charge on any atom is 0.185 e. The van der Waals surface area contributed by atoms with Gasteiger partial charge in [-0.1, -0.05) is 6.07 Å². The third-order valence-electron chi connectivity index (χ3n) is 3.68. The molecule has 0 aromatic carbocycles. The number of piperazine rings is 1. The predicted molar refractivity (Wildman–Crippen MR) is 83.2 cm³/mol. The summed E-state index contributed by atoms with van der Waals surface area (Å²) in [5.74, 6) is 0. The van der Waals surface area contributed by atoms with Gasteiger partial charge in [-0.25, -0.2) is 4.98 Å². The molecule has 4 nitrogen and oxygen atoms in total. The highest BCUT2D eigenvalue weighted by molar-refractivity contribution is 7.13. The first-order valence-corrected chi connectivity index (χ1v) is 7.91. The van der Waals surface area contributed by atoms with Gasteiger partial charge in [0.05, 0.1) is 11.4 Å². The molecule has 1 aliphatic heterocycles. The SMILES string of the molecule is Cc1csc(N2CCN(Cc3ccccn3)C[C@@H]2C)n1. The summed E-state index contributed by atoms with van der Waals surface area (Å²) in [6.45, 7) is 8.45. The summed E-state index contributed by atoms with van der Waals surface area (Å²) in [5, 5.41) is 3.29. The van der Waals surface area contributed by atoms with Crippen LogP contribution in [-0.4, -0.2) is 40.5 Å². The van der Waals surface area contributed by atoms with E-state index in [1.165, 1.54) is 0 Å². The maximum absolute atomic E-state index is 4.61. The van der Waals surface area contributed by atoms with E-state index in [-0.39, 0.29) is 0 Å². The van der Waals surface area contributed by atoms with Crippen molar-refractivity contribution in [3.8, 4) is 0 Å². The van der Waals surface area contributed by atoms with Crippen LogP contribution in [0.15, 0.2) is 29.8 Å². The van der Waals surface area contributed by atoms with Crippen molar-refractivity contribution < 1.29 is 0 Å². The molecule has 0 unspecified atom stereocenters. The van der Waals surface area contributed by atoms with Crippen LogP contribution in [0.4, 0.5) is 5.13 Å². The minimum Gasteiger partial charge on any atom is -0.343 e. The average molecular weight is 288 g/mol. The Balaban J connectivity index is 1.62. The summed E-state index contributed by atoms with van der Waals surface area (Å²) >= 11 is 1.75. The first-order chi connectivity index (χ1) is 9.72. The zero-order valence-corrected chi connectivity index (χ0v) is 12.8. The predicted octanol–water partition coefficient (Wildman–Crippen LogP) is 2.56. The van der Waals surface area contributed by atoms with E-state index in [1.54, 1.807) is 11.3 Å². The number of anilines is 1. The van der Waals surface area contributed by atoms with Gasteiger partial charge < -0.3 is 4.90 Å². The molecule has 1 saturated heterocycles. The van der Waals surface area contributed by atoms with Gasteiger partial charge in [0.1, 0.15) is 0 Å². The van der Waals surface area contributed by atoms with Crippen LogP contribution >= 0.6 is 11.3 Å². The Labute approximate surface area is 124 Å². The number of aryl methyl sites for hydroxylation is 1. The lowest BCUT2D eigenvalue weighted by molar-refractivity contribution is 0.218. The van der Waals surface area contributed by atoms with Crippen molar-refractivity contribution in [3.05, 3.63) is 41.2 Å². The van der Waals surface area contributed by atoms with Crippen LogP contribution in [0.2, 0.25) is 0 Å². The lowest BCUT2D eigenvalue weighted by atomic mass is 10.2. The van der Waals surface area contributed by atoms with Gasteiger partial charge in [-0.05, 0) is 26.0 Å². The third kappa shape index (κ3) is 2.99. The van der Waals surface area contributed by atoms with Crippen LogP contribution in [0.3, 0.4) is 0 Å². The number of hydrogen-bond acceptors (Lipinski definition) is 5. The van der Waals surface area contributed by atoms with Crippen LogP contribution in [0, 0.1) is 6.92 Å². The molecule has 0 amide bonds. The molecule has 2 aromatic heterocycles. The highest BCUT2D eigenvalue weighted by Gasteiger charge is 2.25. The minimum atomic E-state index is 0.498. The molecule has 0 spiro atoms. The van der Waals surface area contributed by atoms with Crippen molar-refractivity contribution in [1.82, 2.24) is 14.9 Å². The fourth-order valence-electron chi connectivity index (χ4n) is 2.66. The topological polar surface area (TPSA) is 32.3 Å². The Morgan fingerprint density at radius 1 is 1.35 bits per heavy atom. The van der Waals surface area contributed by atoms with Crippen LogP contribution in [0.5, 0.6) is 0 Å². The molecule has 0 N–H and O–H groups in total. The van der Waals surface area contributed by atoms with E-state index < -0.39 is 0 Å². The minimum absolute atomic E-state index is 0.498. The van der Waals surface area contributed by atoms with Crippen LogP contribution in [-0.2, 0) is 6.54 Å². The second kappa shape index (κ2) is 5.89. The quantitative estimate of drug-likeness (QED) is 0.869. The van der Waals surface area contributed by atoms with Gasteiger partial charge in [-0.15, -0.1) is 11.3 Å². The highest BCUT2D eigenvalue weighted by Crippen LogP contribution is 2.24. The highest BCUT2D eigenvalue weighted by atomic mass is 32.1. The summed E-state index contributed by atoms with van der Waals surface area (Å²) in [4.78, 5) is 13.9. The molecular weight excluding hydrogens is 268 g/mol. The van der Waals surface area contributed by atoms with Gasteiger partial charge in [0.2, 0.25) is 0 Å². The second-order valence-corrected chi connectivity index (χ2v) is 6.21. The number of aromatic nitrogens is 2. The number of thiazole rings is 1. The van der Waals surface area contributed by atoms with E-state index in [2.05, 4.69) is 51.1 Å².